The Morgan fingerprint density at radius 1 is 0.432 bits per heavy atom. The lowest BCUT2D eigenvalue weighted by atomic mass is 10.3. The van der Waals surface area contributed by atoms with Gasteiger partial charge in [-0.3, -0.25) is 9.80 Å². The molecule has 3 rings (SSSR count). The van der Waals surface area contributed by atoms with Gasteiger partial charge in [0, 0.05) is 39.3 Å². The summed E-state index contributed by atoms with van der Waals surface area (Å²) in [4.78, 5) is 4.43. The van der Waals surface area contributed by atoms with Gasteiger partial charge in [-0.05, 0) is 12.1 Å². The Hall–Kier alpha value is -1.70. The smallest absolute Gasteiger partial charge is 0.200 e. The third kappa shape index (κ3) is 13.1. The van der Waals surface area contributed by atoms with Crippen LogP contribution in [0.5, 0.6) is 17.2 Å². The lowest BCUT2D eigenvalue weighted by Crippen LogP contribution is -2.35. The molecule has 1 N–H and O–H groups in total. The van der Waals surface area contributed by atoms with Gasteiger partial charge in [0.05, 0.1) is 79.3 Å². The molecule has 11 nitrogen and oxygen atoms in total. The fraction of sp³-hybridized carbons (Fsp3) is 0.769. The number of nitrogens with zero attached hydrogens (tertiary/aromatic N) is 2. The summed E-state index contributed by atoms with van der Waals surface area (Å²) in [5, 5.41) is 10.7. The molecule has 0 unspecified atom stereocenters. The predicted molar refractivity (Wildman–Crippen MR) is 137 cm³/mol. The van der Waals surface area contributed by atoms with Gasteiger partial charge in [-0.1, -0.05) is 6.07 Å². The topological polar surface area (TPSA) is 101 Å². The molecule has 1 aromatic rings. The van der Waals surface area contributed by atoms with Crippen molar-refractivity contribution in [2.75, 3.05) is 132 Å². The summed E-state index contributed by atoms with van der Waals surface area (Å²) in [6, 6.07) is 5.32. The van der Waals surface area contributed by atoms with Crippen LogP contribution in [0, 0.1) is 0 Å². The first-order valence-corrected chi connectivity index (χ1v) is 13.3. The van der Waals surface area contributed by atoms with Gasteiger partial charge in [0.1, 0.15) is 13.2 Å². The van der Waals surface area contributed by atoms with Crippen molar-refractivity contribution < 1.29 is 43.0 Å². The lowest BCUT2D eigenvalue weighted by Gasteiger charge is -2.24. The van der Waals surface area contributed by atoms with Gasteiger partial charge in [0.15, 0.2) is 11.5 Å². The van der Waals surface area contributed by atoms with Gasteiger partial charge >= 0.3 is 0 Å². The van der Waals surface area contributed by atoms with Crippen LogP contribution in [0.2, 0.25) is 0 Å². The first-order chi connectivity index (χ1) is 18.3. The molecule has 0 fully saturated rings. The minimum absolute atomic E-state index is 0.0169. The fourth-order valence-electron chi connectivity index (χ4n) is 3.83. The van der Waals surface area contributed by atoms with Crippen molar-refractivity contribution in [3.05, 3.63) is 18.2 Å². The highest BCUT2D eigenvalue weighted by molar-refractivity contribution is 5.49. The summed E-state index contributed by atoms with van der Waals surface area (Å²) in [6.45, 7) is 11.7. The molecule has 1 aromatic carbocycles. The quantitative estimate of drug-likeness (QED) is 0.519. The van der Waals surface area contributed by atoms with Crippen LogP contribution in [0.4, 0.5) is 0 Å². The van der Waals surface area contributed by atoms with E-state index in [0.29, 0.717) is 117 Å². The Morgan fingerprint density at radius 3 is 1.08 bits per heavy atom. The molecular formula is C26H44N2O9. The third-order valence-electron chi connectivity index (χ3n) is 5.99. The number of phenols is 1. The number of ether oxygens (including phenoxy) is 8. The normalized spacial score (nSPS) is 25.7. The van der Waals surface area contributed by atoms with Crippen molar-refractivity contribution in [1.82, 2.24) is 9.80 Å². The molecule has 11 heteroatoms. The summed E-state index contributed by atoms with van der Waals surface area (Å²) < 4.78 is 46.1. The molecule has 37 heavy (non-hydrogen) atoms. The molecule has 0 aromatic heterocycles. The number of hydrogen-bond donors (Lipinski definition) is 1. The Balaban J connectivity index is 1.66. The zero-order chi connectivity index (χ0) is 25.8. The van der Waals surface area contributed by atoms with E-state index in [-0.39, 0.29) is 5.75 Å². The van der Waals surface area contributed by atoms with Crippen LogP contribution in [0.3, 0.4) is 0 Å². The molecule has 0 atom stereocenters. The van der Waals surface area contributed by atoms with Gasteiger partial charge in [0.2, 0.25) is 5.75 Å². The largest absolute Gasteiger partial charge is 0.502 e. The summed E-state index contributed by atoms with van der Waals surface area (Å²) in [5.41, 5.74) is 0. The standard InChI is InChI=1S/C26H44N2O9/c29-26-24-2-1-3-25(26)37-15-9-28-6-12-32-18-22-34-20-16-30-10-4-27(8-14-36-24)5-11-31-17-21-35-23-19-33-13-7-28/h1-3,29H,4-23H2. The van der Waals surface area contributed by atoms with E-state index >= 15 is 0 Å². The molecule has 2 heterocycles. The highest BCUT2D eigenvalue weighted by atomic mass is 16.6. The summed E-state index contributed by atoms with van der Waals surface area (Å²) in [6.07, 6.45) is 0. The number of rotatable bonds is 0. The van der Waals surface area contributed by atoms with Gasteiger partial charge in [0.25, 0.3) is 0 Å². The van der Waals surface area contributed by atoms with Crippen LogP contribution < -0.4 is 9.47 Å². The SMILES string of the molecule is Oc1c2cccc1OCCN1CCOCCOCCOCCN(CCOCCOCCOCC1)CCO2. The number of hydrogen-bond acceptors (Lipinski definition) is 11. The van der Waals surface area contributed by atoms with Crippen molar-refractivity contribution >= 4 is 0 Å². The fourth-order valence-corrected chi connectivity index (χ4v) is 3.83. The van der Waals surface area contributed by atoms with E-state index < -0.39 is 0 Å². The molecule has 0 amide bonds. The van der Waals surface area contributed by atoms with Crippen molar-refractivity contribution in [3.63, 3.8) is 0 Å². The molecular weight excluding hydrogens is 484 g/mol. The monoisotopic (exact) mass is 528 g/mol. The second kappa shape index (κ2) is 19.4. The summed E-state index contributed by atoms with van der Waals surface area (Å²) in [7, 11) is 0. The van der Waals surface area contributed by atoms with Crippen LogP contribution in [-0.2, 0) is 28.4 Å². The maximum atomic E-state index is 10.7. The third-order valence-corrected chi connectivity index (χ3v) is 5.99. The minimum Gasteiger partial charge on any atom is -0.502 e. The maximum absolute atomic E-state index is 10.7. The zero-order valence-electron chi connectivity index (χ0n) is 22.0. The second-order valence-electron chi connectivity index (χ2n) is 8.66. The highest BCUT2D eigenvalue weighted by Gasteiger charge is 2.13. The van der Waals surface area contributed by atoms with E-state index in [1.165, 1.54) is 0 Å². The van der Waals surface area contributed by atoms with E-state index in [1.807, 2.05) is 6.07 Å². The molecule has 0 saturated heterocycles. The Kier molecular flexibility index (Phi) is 15.6. The average molecular weight is 529 g/mol. The van der Waals surface area contributed by atoms with Crippen molar-refractivity contribution in [2.24, 2.45) is 0 Å². The molecule has 0 aliphatic carbocycles. The van der Waals surface area contributed by atoms with Crippen LogP contribution in [0.15, 0.2) is 18.2 Å². The molecule has 0 spiro atoms. The predicted octanol–water partition coefficient (Wildman–Crippen LogP) is 0.881. The van der Waals surface area contributed by atoms with Crippen LogP contribution >= 0.6 is 0 Å². The van der Waals surface area contributed by atoms with E-state index in [4.69, 9.17) is 37.9 Å². The number of aromatic hydroxyl groups is 1. The number of phenolic OH excluding ortho intramolecular Hbond substituents is 1. The van der Waals surface area contributed by atoms with Crippen molar-refractivity contribution in [1.29, 1.82) is 0 Å². The highest BCUT2D eigenvalue weighted by Crippen LogP contribution is 2.35. The Bertz CT molecular complexity index is 634. The summed E-state index contributed by atoms with van der Waals surface area (Å²) in [5.74, 6) is 0.826. The van der Waals surface area contributed by atoms with Crippen LogP contribution in [-0.4, -0.2) is 147 Å². The first kappa shape index (κ1) is 29.9. The molecule has 2 aliphatic heterocycles. The first-order valence-electron chi connectivity index (χ1n) is 13.3. The lowest BCUT2D eigenvalue weighted by molar-refractivity contribution is -0.00720. The van der Waals surface area contributed by atoms with Gasteiger partial charge < -0.3 is 43.0 Å². The average Bonchev–Trinajstić information content (AvgIpc) is 2.90. The zero-order valence-corrected chi connectivity index (χ0v) is 22.0. The van der Waals surface area contributed by atoms with E-state index in [1.54, 1.807) is 12.1 Å². The molecule has 4 bridgehead atoms. The van der Waals surface area contributed by atoms with E-state index in [9.17, 15) is 5.11 Å². The van der Waals surface area contributed by atoms with Crippen LogP contribution in [0.1, 0.15) is 0 Å². The Labute approximate surface area is 220 Å². The van der Waals surface area contributed by atoms with Crippen molar-refractivity contribution in [2.45, 2.75) is 0 Å². The van der Waals surface area contributed by atoms with Gasteiger partial charge in [-0.2, -0.15) is 0 Å². The van der Waals surface area contributed by atoms with Crippen molar-refractivity contribution in [3.8, 4) is 17.2 Å². The molecule has 2 aliphatic rings. The molecule has 0 saturated carbocycles. The second-order valence-corrected chi connectivity index (χ2v) is 8.66. The van der Waals surface area contributed by atoms with Gasteiger partial charge in [-0.25, -0.2) is 0 Å². The Morgan fingerprint density at radius 2 is 0.730 bits per heavy atom. The molecule has 0 radical (unpaired) electrons. The van der Waals surface area contributed by atoms with E-state index in [2.05, 4.69) is 9.80 Å². The van der Waals surface area contributed by atoms with Crippen LogP contribution in [0.25, 0.3) is 0 Å². The summed E-state index contributed by atoms with van der Waals surface area (Å²) >= 11 is 0. The number of benzene rings is 1. The number of fused-ring (bicyclic) bond motifs is 6. The molecule has 212 valence electrons. The minimum atomic E-state index is 0.0169. The van der Waals surface area contributed by atoms with E-state index in [0.717, 1.165) is 26.2 Å². The number of para-hydroxylation sites is 1. The maximum Gasteiger partial charge on any atom is 0.200 e. The van der Waals surface area contributed by atoms with Gasteiger partial charge in [-0.15, -0.1) is 0 Å².